The Hall–Kier alpha value is -0.740. The average Bonchev–Trinajstić information content (AvgIpc) is 2.41. The Balaban J connectivity index is 2.27. The molecule has 0 fully saturated rings. The first-order chi connectivity index (χ1) is 9.60. The summed E-state index contributed by atoms with van der Waals surface area (Å²) >= 11 is 15.4. The Kier molecular flexibility index (Phi) is 5.73. The van der Waals surface area contributed by atoms with Crippen molar-refractivity contribution in [1.29, 1.82) is 0 Å². The lowest BCUT2D eigenvalue weighted by Gasteiger charge is -2.13. The van der Waals surface area contributed by atoms with E-state index >= 15 is 0 Å². The highest BCUT2D eigenvalue weighted by molar-refractivity contribution is 9.10. The van der Waals surface area contributed by atoms with Gasteiger partial charge in [-0.05, 0) is 58.9 Å². The third-order valence-corrected chi connectivity index (χ3v) is 3.79. The van der Waals surface area contributed by atoms with Gasteiger partial charge in [-0.2, -0.15) is 0 Å². The summed E-state index contributed by atoms with van der Waals surface area (Å²) < 4.78 is 6.76. The third-order valence-electron chi connectivity index (χ3n) is 2.70. The zero-order valence-corrected chi connectivity index (χ0v) is 14.0. The van der Waals surface area contributed by atoms with Gasteiger partial charge in [0.25, 0.3) is 0 Å². The van der Waals surface area contributed by atoms with Crippen molar-refractivity contribution in [3.63, 3.8) is 0 Å². The predicted octanol–water partition coefficient (Wildman–Crippen LogP) is 5.66. The van der Waals surface area contributed by atoms with Crippen LogP contribution < -0.4 is 10.1 Å². The molecule has 2 aromatic rings. The van der Waals surface area contributed by atoms with Crippen molar-refractivity contribution < 1.29 is 4.74 Å². The van der Waals surface area contributed by atoms with E-state index < -0.39 is 0 Å². The number of rotatable bonds is 5. The fourth-order valence-corrected chi connectivity index (χ4v) is 2.68. The average molecular weight is 375 g/mol. The Morgan fingerprint density at radius 1 is 1.05 bits per heavy atom. The van der Waals surface area contributed by atoms with Gasteiger partial charge in [0.2, 0.25) is 0 Å². The molecule has 106 valence electrons. The van der Waals surface area contributed by atoms with Crippen LogP contribution in [0.3, 0.4) is 0 Å². The van der Waals surface area contributed by atoms with E-state index in [0.717, 1.165) is 28.1 Å². The van der Waals surface area contributed by atoms with Crippen LogP contribution in [0.4, 0.5) is 0 Å². The van der Waals surface area contributed by atoms with Crippen molar-refractivity contribution in [2.24, 2.45) is 0 Å². The molecule has 5 heteroatoms. The lowest BCUT2D eigenvalue weighted by molar-refractivity contribution is 0.470. The van der Waals surface area contributed by atoms with Gasteiger partial charge in [0.1, 0.15) is 11.5 Å². The molecule has 0 saturated carbocycles. The monoisotopic (exact) mass is 373 g/mol. The second-order valence-corrected chi connectivity index (χ2v) is 5.94. The van der Waals surface area contributed by atoms with Crippen LogP contribution in [0, 0.1) is 0 Å². The van der Waals surface area contributed by atoms with Crippen molar-refractivity contribution in [1.82, 2.24) is 5.32 Å². The summed E-state index contributed by atoms with van der Waals surface area (Å²) in [7, 11) is 0. The van der Waals surface area contributed by atoms with Gasteiger partial charge in [-0.3, -0.25) is 0 Å². The molecule has 0 saturated heterocycles. The summed E-state index contributed by atoms with van der Waals surface area (Å²) in [6.45, 7) is 3.65. The van der Waals surface area contributed by atoms with E-state index in [2.05, 4.69) is 28.2 Å². The summed E-state index contributed by atoms with van der Waals surface area (Å²) in [5, 5.41) is 4.63. The Morgan fingerprint density at radius 3 is 2.35 bits per heavy atom. The summed E-state index contributed by atoms with van der Waals surface area (Å²) in [4.78, 5) is 0. The fraction of sp³-hybridized carbons (Fsp3) is 0.200. The Labute approximate surface area is 137 Å². The molecule has 2 nitrogen and oxygen atoms in total. The van der Waals surface area contributed by atoms with Crippen LogP contribution in [0.15, 0.2) is 40.9 Å². The molecular formula is C15H14BrCl2NO. The van der Waals surface area contributed by atoms with Gasteiger partial charge in [0, 0.05) is 22.2 Å². The number of benzene rings is 2. The number of hydrogen-bond acceptors (Lipinski definition) is 2. The summed E-state index contributed by atoms with van der Waals surface area (Å²) in [6, 6.07) is 11.0. The SMILES string of the molecule is CCNCc1cc(Cl)ccc1Oc1ccc(Cl)cc1Br. The van der Waals surface area contributed by atoms with Crippen LogP contribution in [0.5, 0.6) is 11.5 Å². The van der Waals surface area contributed by atoms with Crippen molar-refractivity contribution in [2.75, 3.05) is 6.54 Å². The van der Waals surface area contributed by atoms with Gasteiger partial charge < -0.3 is 10.1 Å². The smallest absolute Gasteiger partial charge is 0.141 e. The third kappa shape index (κ3) is 4.13. The van der Waals surface area contributed by atoms with Crippen LogP contribution in [0.1, 0.15) is 12.5 Å². The van der Waals surface area contributed by atoms with Crippen molar-refractivity contribution in [2.45, 2.75) is 13.5 Å². The van der Waals surface area contributed by atoms with E-state index in [1.807, 2.05) is 24.3 Å². The maximum Gasteiger partial charge on any atom is 0.141 e. The second-order valence-electron chi connectivity index (χ2n) is 4.21. The van der Waals surface area contributed by atoms with E-state index in [9.17, 15) is 0 Å². The van der Waals surface area contributed by atoms with Crippen molar-refractivity contribution in [3.05, 3.63) is 56.5 Å². The zero-order chi connectivity index (χ0) is 14.5. The van der Waals surface area contributed by atoms with Gasteiger partial charge in [0.15, 0.2) is 0 Å². The standard InChI is InChI=1S/C15H14BrCl2NO/c1-2-19-9-10-7-11(17)3-5-14(10)20-15-6-4-12(18)8-13(15)16/h3-8,19H,2,9H2,1H3. The van der Waals surface area contributed by atoms with E-state index in [4.69, 9.17) is 27.9 Å². The van der Waals surface area contributed by atoms with Gasteiger partial charge in [-0.15, -0.1) is 0 Å². The Bertz CT molecular complexity index is 604. The summed E-state index contributed by atoms with van der Waals surface area (Å²) in [5.41, 5.74) is 1.02. The van der Waals surface area contributed by atoms with Crippen molar-refractivity contribution >= 4 is 39.1 Å². The van der Waals surface area contributed by atoms with Gasteiger partial charge in [-0.1, -0.05) is 30.1 Å². The normalized spacial score (nSPS) is 10.6. The second kappa shape index (κ2) is 7.32. The summed E-state index contributed by atoms with van der Waals surface area (Å²) in [6.07, 6.45) is 0. The van der Waals surface area contributed by atoms with Gasteiger partial charge >= 0.3 is 0 Å². The van der Waals surface area contributed by atoms with E-state index in [1.165, 1.54) is 0 Å². The van der Waals surface area contributed by atoms with Crippen LogP contribution >= 0.6 is 39.1 Å². The fourth-order valence-electron chi connectivity index (χ4n) is 1.72. The van der Waals surface area contributed by atoms with Crippen LogP contribution in [-0.4, -0.2) is 6.54 Å². The first kappa shape index (κ1) is 15.6. The maximum atomic E-state index is 6.04. The van der Waals surface area contributed by atoms with Crippen LogP contribution in [-0.2, 0) is 6.54 Å². The molecule has 0 aliphatic rings. The predicted molar refractivity (Wildman–Crippen MR) is 88.1 cm³/mol. The summed E-state index contributed by atoms with van der Waals surface area (Å²) in [5.74, 6) is 1.49. The largest absolute Gasteiger partial charge is 0.456 e. The topological polar surface area (TPSA) is 21.3 Å². The maximum absolute atomic E-state index is 6.04. The molecule has 0 amide bonds. The molecule has 2 aromatic carbocycles. The minimum Gasteiger partial charge on any atom is -0.456 e. The Morgan fingerprint density at radius 2 is 1.70 bits per heavy atom. The quantitative estimate of drug-likeness (QED) is 0.729. The molecular weight excluding hydrogens is 361 g/mol. The van der Waals surface area contributed by atoms with Crippen molar-refractivity contribution in [3.8, 4) is 11.5 Å². The molecule has 0 bridgehead atoms. The highest BCUT2D eigenvalue weighted by Crippen LogP contribution is 2.34. The molecule has 0 atom stereocenters. The number of hydrogen-bond donors (Lipinski definition) is 1. The molecule has 0 aromatic heterocycles. The lowest BCUT2D eigenvalue weighted by Crippen LogP contribution is -2.12. The number of nitrogens with one attached hydrogen (secondary N) is 1. The first-order valence-corrected chi connectivity index (χ1v) is 7.77. The van der Waals surface area contributed by atoms with E-state index in [-0.39, 0.29) is 0 Å². The minimum atomic E-state index is 0.660. The highest BCUT2D eigenvalue weighted by atomic mass is 79.9. The van der Waals surface area contributed by atoms with Crippen LogP contribution in [0.25, 0.3) is 0 Å². The van der Waals surface area contributed by atoms with E-state index in [0.29, 0.717) is 16.6 Å². The highest BCUT2D eigenvalue weighted by Gasteiger charge is 2.08. The number of halogens is 3. The molecule has 0 spiro atoms. The molecule has 2 rings (SSSR count). The molecule has 1 N–H and O–H groups in total. The molecule has 0 unspecified atom stereocenters. The molecule has 0 aliphatic heterocycles. The molecule has 0 aliphatic carbocycles. The first-order valence-electron chi connectivity index (χ1n) is 6.22. The molecule has 0 radical (unpaired) electrons. The number of ether oxygens (including phenoxy) is 1. The minimum absolute atomic E-state index is 0.660. The molecule has 0 heterocycles. The van der Waals surface area contributed by atoms with Gasteiger partial charge in [0.05, 0.1) is 4.47 Å². The van der Waals surface area contributed by atoms with Crippen LogP contribution in [0.2, 0.25) is 10.0 Å². The molecule has 20 heavy (non-hydrogen) atoms. The van der Waals surface area contributed by atoms with E-state index in [1.54, 1.807) is 12.1 Å². The zero-order valence-electron chi connectivity index (χ0n) is 10.9. The van der Waals surface area contributed by atoms with Gasteiger partial charge in [-0.25, -0.2) is 0 Å². The lowest BCUT2D eigenvalue weighted by atomic mass is 10.2.